The Labute approximate surface area is 72.8 Å². The number of hydrogen-bond donors (Lipinski definition) is 0. The summed E-state index contributed by atoms with van der Waals surface area (Å²) in [7, 11) is -5.39. The van der Waals surface area contributed by atoms with Crippen LogP contribution < -0.4 is 14.7 Å². The van der Waals surface area contributed by atoms with Crippen LogP contribution in [0.4, 0.5) is 0 Å². The van der Waals surface area contributed by atoms with Gasteiger partial charge in [-0.05, 0) is 0 Å². The molecule has 0 heterocycles. The molecule has 0 aliphatic heterocycles. The zero-order valence-electron chi connectivity index (χ0n) is 5.94. The molecule has 0 radical (unpaired) electrons. The molecule has 6 heteroatoms. The monoisotopic (exact) mass is 204 g/mol. The molecule has 0 fully saturated rings. The van der Waals surface area contributed by atoms with Gasteiger partial charge in [-0.2, -0.15) is 7.82 Å². The van der Waals surface area contributed by atoms with Gasteiger partial charge in [-0.1, -0.05) is 26.7 Å². The second-order valence-corrected chi connectivity index (χ2v) is 2.34. The molecule has 0 bridgehead atoms. The molecule has 0 atom stereocenters. The van der Waals surface area contributed by atoms with E-state index in [-0.39, 0.29) is 18.6 Å². The van der Waals surface area contributed by atoms with Crippen molar-refractivity contribution in [1.29, 1.82) is 0 Å². The fourth-order valence-electron chi connectivity index (χ4n) is 0. The van der Waals surface area contributed by atoms with Crippen LogP contribution in [0.5, 0.6) is 0 Å². The van der Waals surface area contributed by atoms with Gasteiger partial charge in [0, 0.05) is 0 Å². The molecule has 0 unspecified atom stereocenters. The van der Waals surface area contributed by atoms with E-state index in [0.717, 1.165) is 0 Å². The molecule has 0 aromatic rings. The van der Waals surface area contributed by atoms with Crippen molar-refractivity contribution in [3.63, 3.8) is 0 Å². The van der Waals surface area contributed by atoms with Crippen LogP contribution in [0.1, 0.15) is 26.7 Å². The summed E-state index contributed by atoms with van der Waals surface area (Å²) in [5.74, 6) is 0. The van der Waals surface area contributed by atoms with E-state index in [9.17, 15) is 0 Å². The van der Waals surface area contributed by atoms with Gasteiger partial charge in [0.15, 0.2) is 0 Å². The van der Waals surface area contributed by atoms with Crippen molar-refractivity contribution in [2.75, 3.05) is 0 Å². The summed E-state index contributed by atoms with van der Waals surface area (Å²) < 4.78 is 8.55. The van der Waals surface area contributed by atoms with Gasteiger partial charge in [0.1, 0.15) is 0 Å². The molecular formula is C4H10O4PV. The largest absolute Gasteiger partial charge is 3.00 e. The minimum absolute atomic E-state index is 0. The van der Waals surface area contributed by atoms with E-state index in [1.54, 1.807) is 0 Å². The van der Waals surface area contributed by atoms with Crippen LogP contribution in [0.3, 0.4) is 0 Å². The topological polar surface area (TPSA) is 86.2 Å². The van der Waals surface area contributed by atoms with Gasteiger partial charge in [0.25, 0.3) is 0 Å². The van der Waals surface area contributed by atoms with Gasteiger partial charge in [-0.25, -0.2) is 0 Å². The maximum absolute atomic E-state index is 8.55. The predicted octanol–water partition coefficient (Wildman–Crippen LogP) is -1.02. The third kappa shape index (κ3) is 179. The summed E-state index contributed by atoms with van der Waals surface area (Å²) in [6, 6.07) is 0. The second kappa shape index (κ2) is 9.69. The Kier molecular flexibility index (Phi) is 16.5. The fraction of sp³-hybridized carbons (Fsp3) is 1.00. The molecule has 0 aliphatic rings. The summed E-state index contributed by atoms with van der Waals surface area (Å²) in [6.07, 6.45) is 2.64. The van der Waals surface area contributed by atoms with Crippen molar-refractivity contribution in [2.24, 2.45) is 0 Å². The van der Waals surface area contributed by atoms with Crippen LogP contribution in [0.15, 0.2) is 0 Å². The smallest absolute Gasteiger partial charge is 0.822 e. The van der Waals surface area contributed by atoms with Gasteiger partial charge in [-0.3, -0.25) is 0 Å². The summed E-state index contributed by atoms with van der Waals surface area (Å²) in [4.78, 5) is 25.6. The first-order valence-corrected chi connectivity index (χ1v) is 4.11. The normalized spacial score (nSPS) is 8.90. The van der Waals surface area contributed by atoms with Crippen LogP contribution in [0.25, 0.3) is 0 Å². The first-order chi connectivity index (χ1) is 3.91. The van der Waals surface area contributed by atoms with E-state index in [2.05, 4.69) is 13.8 Å². The van der Waals surface area contributed by atoms with Crippen molar-refractivity contribution in [3.05, 3.63) is 0 Å². The van der Waals surface area contributed by atoms with Gasteiger partial charge in [0.05, 0.1) is 0 Å². The summed E-state index contributed by atoms with van der Waals surface area (Å²) in [5.41, 5.74) is 0. The Bertz CT molecular complexity index is 81.0. The molecule has 0 amide bonds. The van der Waals surface area contributed by atoms with Gasteiger partial charge in [0.2, 0.25) is 0 Å². The average Bonchev–Trinajstić information content (AvgIpc) is 1.61. The molecular weight excluding hydrogens is 194 g/mol. The zero-order valence-corrected chi connectivity index (χ0v) is 8.23. The Balaban J connectivity index is -0.0000000910. The maximum Gasteiger partial charge on any atom is 3.00 e. The average molecular weight is 204 g/mol. The SMILES string of the molecule is CCCC.O=P([O-])([O-])[O-].[V+3]. The molecule has 60 valence electrons. The predicted molar refractivity (Wildman–Crippen MR) is 28.2 cm³/mol. The molecule has 0 saturated carbocycles. The van der Waals surface area contributed by atoms with Crippen LogP contribution in [-0.2, 0) is 23.1 Å². The minimum atomic E-state index is -5.39. The third-order valence-corrected chi connectivity index (χ3v) is 0.500. The van der Waals surface area contributed by atoms with Crippen LogP contribution in [-0.4, -0.2) is 0 Å². The Morgan fingerprint density at radius 1 is 1.10 bits per heavy atom. The fourth-order valence-corrected chi connectivity index (χ4v) is 0. The first kappa shape index (κ1) is 17.0. The van der Waals surface area contributed by atoms with Crippen LogP contribution in [0, 0.1) is 0 Å². The van der Waals surface area contributed by atoms with Gasteiger partial charge in [-0.15, -0.1) is 0 Å². The second-order valence-electron chi connectivity index (χ2n) is 1.45. The Morgan fingerprint density at radius 3 is 1.20 bits per heavy atom. The Hall–Kier alpha value is 0.694. The van der Waals surface area contributed by atoms with Gasteiger partial charge < -0.3 is 19.2 Å². The van der Waals surface area contributed by atoms with Crippen molar-refractivity contribution < 1.29 is 37.8 Å². The quantitative estimate of drug-likeness (QED) is 0.511. The molecule has 0 aromatic carbocycles. The number of phosphoric acid groups is 1. The van der Waals surface area contributed by atoms with E-state index in [1.165, 1.54) is 12.8 Å². The number of hydrogen-bond acceptors (Lipinski definition) is 4. The van der Waals surface area contributed by atoms with Crippen molar-refractivity contribution >= 4 is 7.82 Å². The van der Waals surface area contributed by atoms with E-state index in [4.69, 9.17) is 19.2 Å². The molecule has 0 N–H and O–H groups in total. The molecule has 0 rings (SSSR count). The molecule has 0 saturated heterocycles. The van der Waals surface area contributed by atoms with Crippen molar-refractivity contribution in [3.8, 4) is 0 Å². The molecule has 0 spiro atoms. The van der Waals surface area contributed by atoms with E-state index in [1.807, 2.05) is 0 Å². The number of unbranched alkanes of at least 4 members (excludes halogenated alkanes) is 1. The minimum Gasteiger partial charge on any atom is -0.822 e. The van der Waals surface area contributed by atoms with Crippen LogP contribution in [0.2, 0.25) is 0 Å². The maximum atomic E-state index is 8.55. The van der Waals surface area contributed by atoms with Crippen LogP contribution >= 0.6 is 7.82 Å². The molecule has 10 heavy (non-hydrogen) atoms. The standard InChI is InChI=1S/C4H10.H3O4P.V/c1-3-4-2;1-5(2,3)4;/h3-4H2,1-2H3;(H3,1,2,3,4);/q;;+3/p-3. The van der Waals surface area contributed by atoms with E-state index >= 15 is 0 Å². The zero-order chi connectivity index (χ0) is 7.91. The van der Waals surface area contributed by atoms with E-state index < -0.39 is 7.82 Å². The third-order valence-electron chi connectivity index (χ3n) is 0.500. The molecule has 4 nitrogen and oxygen atoms in total. The first-order valence-electron chi connectivity index (χ1n) is 2.64. The van der Waals surface area contributed by atoms with Gasteiger partial charge >= 0.3 is 18.6 Å². The van der Waals surface area contributed by atoms with E-state index in [0.29, 0.717) is 0 Å². The Morgan fingerprint density at radius 2 is 1.20 bits per heavy atom. The summed E-state index contributed by atoms with van der Waals surface area (Å²) >= 11 is 0. The number of rotatable bonds is 1. The summed E-state index contributed by atoms with van der Waals surface area (Å²) in [5, 5.41) is 0. The summed E-state index contributed by atoms with van der Waals surface area (Å²) in [6.45, 7) is 4.36. The van der Waals surface area contributed by atoms with Crippen molar-refractivity contribution in [1.82, 2.24) is 0 Å². The molecule has 0 aromatic heterocycles. The van der Waals surface area contributed by atoms with Crippen molar-refractivity contribution in [2.45, 2.75) is 26.7 Å². The molecule has 0 aliphatic carbocycles.